The van der Waals surface area contributed by atoms with E-state index in [9.17, 15) is 28.1 Å². The highest BCUT2D eigenvalue weighted by Gasteiger charge is 2.38. The molecule has 0 spiro atoms. The summed E-state index contributed by atoms with van der Waals surface area (Å²) in [4.78, 5) is 23.3. The van der Waals surface area contributed by atoms with Crippen LogP contribution < -0.4 is 16.0 Å². The van der Waals surface area contributed by atoms with Crippen LogP contribution in [0.25, 0.3) is 0 Å². The number of nitrogens with zero attached hydrogens (tertiary/aromatic N) is 1. The van der Waals surface area contributed by atoms with Gasteiger partial charge in [-0.25, -0.2) is 0 Å². The van der Waals surface area contributed by atoms with Crippen molar-refractivity contribution in [2.24, 2.45) is 0 Å². The fraction of sp³-hybridized carbons (Fsp3) is 0.158. The van der Waals surface area contributed by atoms with E-state index in [0.29, 0.717) is 0 Å². The number of non-ortho nitro benzene ring substituents is 1. The van der Waals surface area contributed by atoms with Crippen LogP contribution in [0.4, 0.5) is 24.5 Å². The molecule has 0 saturated carbocycles. The zero-order valence-corrected chi connectivity index (χ0v) is 16.2. The van der Waals surface area contributed by atoms with E-state index >= 15 is 0 Å². The predicted octanol–water partition coefficient (Wildman–Crippen LogP) is 4.05. The number of allylic oxidation sites excluding steroid dienone is 1. The zero-order valence-electron chi connectivity index (χ0n) is 15.4. The Morgan fingerprint density at radius 2 is 1.90 bits per heavy atom. The van der Waals surface area contributed by atoms with Crippen LogP contribution in [0, 0.1) is 10.1 Å². The van der Waals surface area contributed by atoms with Gasteiger partial charge in [-0.2, -0.15) is 13.2 Å². The lowest BCUT2D eigenvalue weighted by molar-refractivity contribution is -0.384. The quantitative estimate of drug-likeness (QED) is 0.380. The van der Waals surface area contributed by atoms with Crippen LogP contribution in [0.15, 0.2) is 59.8 Å². The second kappa shape index (κ2) is 8.11. The number of nitrogens with one attached hydrogen (secondary N) is 3. The third-order valence-corrected chi connectivity index (χ3v) is 4.63. The molecule has 0 aliphatic carbocycles. The monoisotopic (exact) mass is 436 g/mol. The van der Waals surface area contributed by atoms with Crippen LogP contribution in [-0.4, -0.2) is 15.9 Å². The molecule has 7 nitrogen and oxygen atoms in total. The number of nitro groups is 1. The lowest BCUT2D eigenvalue weighted by Crippen LogP contribution is -2.46. The maximum atomic E-state index is 13.5. The van der Waals surface area contributed by atoms with E-state index in [-0.39, 0.29) is 33.3 Å². The molecule has 2 aromatic rings. The van der Waals surface area contributed by atoms with E-state index in [1.165, 1.54) is 43.3 Å². The largest absolute Gasteiger partial charge is 0.416 e. The van der Waals surface area contributed by atoms with Crippen molar-refractivity contribution < 1.29 is 22.9 Å². The van der Waals surface area contributed by atoms with Crippen molar-refractivity contribution in [3.05, 3.63) is 81.0 Å². The van der Waals surface area contributed by atoms with Gasteiger partial charge >= 0.3 is 6.18 Å². The van der Waals surface area contributed by atoms with Gasteiger partial charge in [0, 0.05) is 23.5 Å². The van der Waals surface area contributed by atoms with Crippen LogP contribution in [0.2, 0.25) is 0 Å². The third kappa shape index (κ3) is 4.40. The van der Waals surface area contributed by atoms with E-state index in [1.807, 2.05) is 0 Å². The van der Waals surface area contributed by atoms with E-state index in [1.54, 1.807) is 0 Å². The van der Waals surface area contributed by atoms with Crippen molar-refractivity contribution in [2.45, 2.75) is 19.1 Å². The maximum Gasteiger partial charge on any atom is 0.416 e. The summed E-state index contributed by atoms with van der Waals surface area (Å²) < 4.78 is 40.6. The molecule has 1 heterocycles. The Morgan fingerprint density at radius 3 is 2.57 bits per heavy atom. The van der Waals surface area contributed by atoms with Gasteiger partial charge in [-0.1, -0.05) is 24.3 Å². The number of halogens is 3. The van der Waals surface area contributed by atoms with Crippen LogP contribution in [-0.2, 0) is 11.0 Å². The molecule has 1 aliphatic heterocycles. The van der Waals surface area contributed by atoms with Gasteiger partial charge in [0.2, 0.25) is 0 Å². The first-order valence-corrected chi connectivity index (χ1v) is 8.99. The van der Waals surface area contributed by atoms with Gasteiger partial charge in [0.1, 0.15) is 0 Å². The van der Waals surface area contributed by atoms with Gasteiger partial charge in [0.15, 0.2) is 5.11 Å². The zero-order chi connectivity index (χ0) is 22.1. The molecule has 0 fully saturated rings. The molecule has 3 N–H and O–H groups in total. The minimum absolute atomic E-state index is 0.0215. The Kier molecular flexibility index (Phi) is 5.74. The topological polar surface area (TPSA) is 96.3 Å². The maximum absolute atomic E-state index is 13.5. The summed E-state index contributed by atoms with van der Waals surface area (Å²) in [6.07, 6.45) is -4.64. The van der Waals surface area contributed by atoms with Crippen LogP contribution in [0.1, 0.15) is 24.1 Å². The average Bonchev–Trinajstić information content (AvgIpc) is 2.66. The molecule has 1 unspecified atom stereocenters. The Labute approximate surface area is 174 Å². The number of carbonyl (C=O) groups excluding carboxylic acids is 1. The molecule has 1 amide bonds. The molecule has 2 aromatic carbocycles. The molecule has 1 atom stereocenters. The summed E-state index contributed by atoms with van der Waals surface area (Å²) in [5.74, 6) is -0.725. The van der Waals surface area contributed by atoms with Gasteiger partial charge in [-0.3, -0.25) is 14.9 Å². The van der Waals surface area contributed by atoms with Gasteiger partial charge in [0.05, 0.1) is 22.1 Å². The molecule has 0 aromatic heterocycles. The predicted molar refractivity (Wildman–Crippen MR) is 107 cm³/mol. The summed E-state index contributed by atoms with van der Waals surface area (Å²) in [5.41, 5.74) is -0.933. The van der Waals surface area contributed by atoms with Gasteiger partial charge in [-0.05, 0) is 36.8 Å². The van der Waals surface area contributed by atoms with Gasteiger partial charge < -0.3 is 16.0 Å². The van der Waals surface area contributed by atoms with Crippen molar-refractivity contribution in [1.82, 2.24) is 10.6 Å². The molecule has 156 valence electrons. The Balaban J connectivity index is 2.02. The molecule has 11 heteroatoms. The third-order valence-electron chi connectivity index (χ3n) is 4.41. The minimum Gasteiger partial charge on any atom is -0.351 e. The molecule has 3 rings (SSSR count). The standard InChI is InChI=1S/C19H15F3N4O3S/c1-10-15(17(27)24-11-5-4-6-12(9-11)26(28)29)16(25-18(30)23-10)13-7-2-3-8-14(13)19(20,21)22/h2-9,16H,1H3,(H,24,27)(H2,23,25,30). The minimum atomic E-state index is -4.64. The number of hydrogen-bond donors (Lipinski definition) is 3. The van der Waals surface area contributed by atoms with Crippen molar-refractivity contribution in [1.29, 1.82) is 0 Å². The summed E-state index contributed by atoms with van der Waals surface area (Å²) in [6, 6.07) is 8.94. The van der Waals surface area contributed by atoms with E-state index in [0.717, 1.165) is 12.1 Å². The van der Waals surface area contributed by atoms with Crippen LogP contribution >= 0.6 is 12.2 Å². The molecule has 30 heavy (non-hydrogen) atoms. The second-order valence-corrected chi connectivity index (χ2v) is 6.82. The molecular weight excluding hydrogens is 421 g/mol. The first-order valence-electron chi connectivity index (χ1n) is 8.58. The van der Waals surface area contributed by atoms with Gasteiger partial charge in [0.25, 0.3) is 11.6 Å². The van der Waals surface area contributed by atoms with E-state index in [4.69, 9.17) is 12.2 Å². The average molecular weight is 436 g/mol. The number of carbonyl (C=O) groups is 1. The summed E-state index contributed by atoms with van der Waals surface area (Å²) in [7, 11) is 0. The van der Waals surface area contributed by atoms with Crippen LogP contribution in [0.3, 0.4) is 0 Å². The highest BCUT2D eigenvalue weighted by molar-refractivity contribution is 7.80. The lowest BCUT2D eigenvalue weighted by atomic mass is 9.91. The summed E-state index contributed by atoms with van der Waals surface area (Å²) in [6.45, 7) is 1.51. The lowest BCUT2D eigenvalue weighted by Gasteiger charge is -2.31. The molecular formula is C19H15F3N4O3S. The molecule has 0 saturated heterocycles. The first-order chi connectivity index (χ1) is 14.1. The number of alkyl halides is 3. The fourth-order valence-electron chi connectivity index (χ4n) is 3.13. The number of thiocarbonyl (C=S) groups is 1. The van der Waals surface area contributed by atoms with E-state index in [2.05, 4.69) is 16.0 Å². The molecule has 0 radical (unpaired) electrons. The molecule has 1 aliphatic rings. The van der Waals surface area contributed by atoms with Crippen molar-refractivity contribution in [3.63, 3.8) is 0 Å². The van der Waals surface area contributed by atoms with Crippen molar-refractivity contribution >= 4 is 34.6 Å². The van der Waals surface area contributed by atoms with Crippen molar-refractivity contribution in [2.75, 3.05) is 5.32 Å². The summed E-state index contributed by atoms with van der Waals surface area (Å²) >= 11 is 5.07. The fourth-order valence-corrected chi connectivity index (χ4v) is 3.40. The second-order valence-electron chi connectivity index (χ2n) is 6.42. The van der Waals surface area contributed by atoms with Crippen molar-refractivity contribution in [3.8, 4) is 0 Å². The number of benzene rings is 2. The molecule has 0 bridgehead atoms. The number of nitro benzene ring substituents is 1. The number of anilines is 1. The Hall–Kier alpha value is -3.47. The smallest absolute Gasteiger partial charge is 0.351 e. The number of amides is 1. The first kappa shape index (κ1) is 21.2. The Morgan fingerprint density at radius 1 is 1.20 bits per heavy atom. The normalized spacial score (nSPS) is 16.5. The van der Waals surface area contributed by atoms with Crippen LogP contribution in [0.5, 0.6) is 0 Å². The van der Waals surface area contributed by atoms with Gasteiger partial charge in [-0.15, -0.1) is 0 Å². The van der Waals surface area contributed by atoms with E-state index < -0.39 is 28.6 Å². The highest BCUT2D eigenvalue weighted by atomic mass is 32.1. The highest BCUT2D eigenvalue weighted by Crippen LogP contribution is 2.38. The number of hydrogen-bond acceptors (Lipinski definition) is 4. The SMILES string of the molecule is CC1=C(C(=O)Nc2cccc([N+](=O)[O-])c2)C(c2ccccc2C(F)(F)F)NC(=S)N1. The number of rotatable bonds is 4. The summed E-state index contributed by atoms with van der Waals surface area (Å²) in [5, 5.41) is 19.0. The Bertz CT molecular complexity index is 1070.